The maximum absolute atomic E-state index is 11.9. The smallest absolute Gasteiger partial charge is 0.244 e. The molecule has 1 atom stereocenters. The Hall–Kier alpha value is -0.650. The monoisotopic (exact) mass is 229 g/mol. The molecule has 1 rings (SSSR count). The van der Waals surface area contributed by atoms with E-state index in [1.165, 1.54) is 0 Å². The zero-order valence-corrected chi connectivity index (χ0v) is 10.3. The third-order valence-corrected chi connectivity index (χ3v) is 3.02. The number of carbonyl (C=O) groups excluding carboxylic acids is 1. The van der Waals surface area contributed by atoms with Gasteiger partial charge in [0, 0.05) is 26.2 Å². The van der Waals surface area contributed by atoms with Gasteiger partial charge in [-0.05, 0) is 19.9 Å². The largest absolute Gasteiger partial charge is 0.394 e. The van der Waals surface area contributed by atoms with Crippen LogP contribution in [-0.2, 0) is 4.79 Å². The highest BCUT2D eigenvalue weighted by Crippen LogP contribution is 2.09. The van der Waals surface area contributed by atoms with Gasteiger partial charge in [0.25, 0.3) is 0 Å². The molecule has 0 spiro atoms. The van der Waals surface area contributed by atoms with Crippen molar-refractivity contribution >= 4 is 5.91 Å². The molecule has 0 saturated carbocycles. The number of aliphatic hydroxyl groups excluding tert-OH is 1. The maximum Gasteiger partial charge on any atom is 0.244 e. The van der Waals surface area contributed by atoms with Crippen LogP contribution in [0.3, 0.4) is 0 Å². The van der Waals surface area contributed by atoms with Crippen LogP contribution >= 0.6 is 0 Å². The Morgan fingerprint density at radius 3 is 2.38 bits per heavy atom. The molecule has 0 radical (unpaired) electrons. The molecule has 0 aromatic carbocycles. The molecule has 5 heteroatoms. The molecule has 5 nitrogen and oxygen atoms in total. The van der Waals surface area contributed by atoms with Crippen molar-refractivity contribution in [2.45, 2.75) is 25.8 Å². The summed E-state index contributed by atoms with van der Waals surface area (Å²) < 4.78 is 0. The fraction of sp³-hybridized carbons (Fsp3) is 0.909. The number of hydrogen-bond donors (Lipinski definition) is 2. The van der Waals surface area contributed by atoms with Crippen molar-refractivity contribution < 1.29 is 9.90 Å². The zero-order chi connectivity index (χ0) is 12.2. The van der Waals surface area contributed by atoms with E-state index in [1.54, 1.807) is 11.8 Å². The predicted octanol–water partition coefficient (Wildman–Crippen LogP) is -0.750. The SMILES string of the molecule is CCCN1CCN(C(=O)C(C)(N)CO)CC1. The van der Waals surface area contributed by atoms with Crippen molar-refractivity contribution in [3.8, 4) is 0 Å². The van der Waals surface area contributed by atoms with Crippen molar-refractivity contribution in [2.24, 2.45) is 5.73 Å². The summed E-state index contributed by atoms with van der Waals surface area (Å²) in [6.07, 6.45) is 1.14. The van der Waals surface area contributed by atoms with E-state index in [0.29, 0.717) is 13.1 Å². The first-order chi connectivity index (χ1) is 7.51. The van der Waals surface area contributed by atoms with Crippen LogP contribution in [0.15, 0.2) is 0 Å². The van der Waals surface area contributed by atoms with Gasteiger partial charge in [-0.2, -0.15) is 0 Å². The summed E-state index contributed by atoms with van der Waals surface area (Å²) in [5.74, 6) is -0.147. The second-order valence-electron chi connectivity index (χ2n) is 4.71. The van der Waals surface area contributed by atoms with E-state index in [2.05, 4.69) is 11.8 Å². The number of carbonyl (C=O) groups is 1. The van der Waals surface area contributed by atoms with E-state index in [9.17, 15) is 4.79 Å². The van der Waals surface area contributed by atoms with E-state index in [1.807, 2.05) is 0 Å². The van der Waals surface area contributed by atoms with Gasteiger partial charge in [-0.1, -0.05) is 6.92 Å². The van der Waals surface area contributed by atoms with Crippen LogP contribution in [0.2, 0.25) is 0 Å². The van der Waals surface area contributed by atoms with Crippen LogP contribution in [0.4, 0.5) is 0 Å². The van der Waals surface area contributed by atoms with Crippen molar-refractivity contribution in [1.82, 2.24) is 9.80 Å². The van der Waals surface area contributed by atoms with Crippen molar-refractivity contribution in [3.05, 3.63) is 0 Å². The summed E-state index contributed by atoms with van der Waals surface area (Å²) in [6, 6.07) is 0. The lowest BCUT2D eigenvalue weighted by Crippen LogP contribution is -2.59. The summed E-state index contributed by atoms with van der Waals surface area (Å²) in [7, 11) is 0. The van der Waals surface area contributed by atoms with E-state index < -0.39 is 5.54 Å². The molecule has 0 aromatic heterocycles. The van der Waals surface area contributed by atoms with Crippen LogP contribution in [0.25, 0.3) is 0 Å². The second-order valence-corrected chi connectivity index (χ2v) is 4.71. The van der Waals surface area contributed by atoms with Gasteiger partial charge in [-0.15, -0.1) is 0 Å². The zero-order valence-electron chi connectivity index (χ0n) is 10.3. The van der Waals surface area contributed by atoms with E-state index in [4.69, 9.17) is 10.8 Å². The Labute approximate surface area is 97.2 Å². The molecule has 1 amide bonds. The Bertz CT molecular complexity index is 235. The highest BCUT2D eigenvalue weighted by molar-refractivity contribution is 5.85. The molecule has 1 heterocycles. The van der Waals surface area contributed by atoms with Gasteiger partial charge in [0.15, 0.2) is 0 Å². The number of piperazine rings is 1. The van der Waals surface area contributed by atoms with E-state index in [-0.39, 0.29) is 12.5 Å². The Kier molecular flexibility index (Phi) is 4.70. The van der Waals surface area contributed by atoms with Gasteiger partial charge in [0.1, 0.15) is 5.54 Å². The molecular weight excluding hydrogens is 206 g/mol. The molecule has 0 aromatic rings. The average molecular weight is 229 g/mol. The Morgan fingerprint density at radius 1 is 1.38 bits per heavy atom. The first-order valence-electron chi connectivity index (χ1n) is 5.92. The summed E-state index contributed by atoms with van der Waals surface area (Å²) in [5, 5.41) is 9.05. The number of nitrogens with two attached hydrogens (primary N) is 1. The Morgan fingerprint density at radius 2 is 1.94 bits per heavy atom. The number of amides is 1. The summed E-state index contributed by atoms with van der Waals surface area (Å²) in [4.78, 5) is 16.0. The highest BCUT2D eigenvalue weighted by Gasteiger charge is 2.33. The van der Waals surface area contributed by atoms with Crippen molar-refractivity contribution in [3.63, 3.8) is 0 Å². The number of hydrogen-bond acceptors (Lipinski definition) is 4. The summed E-state index contributed by atoms with van der Waals surface area (Å²) in [5.41, 5.74) is 4.60. The van der Waals surface area contributed by atoms with Crippen molar-refractivity contribution in [1.29, 1.82) is 0 Å². The predicted molar refractivity (Wildman–Crippen MR) is 63.0 cm³/mol. The van der Waals surface area contributed by atoms with Crippen LogP contribution in [0.1, 0.15) is 20.3 Å². The fourth-order valence-corrected chi connectivity index (χ4v) is 1.92. The van der Waals surface area contributed by atoms with Gasteiger partial charge in [-0.25, -0.2) is 0 Å². The normalized spacial score (nSPS) is 21.9. The van der Waals surface area contributed by atoms with Gasteiger partial charge < -0.3 is 15.7 Å². The standard InChI is InChI=1S/C11H23N3O2/c1-3-4-13-5-7-14(8-6-13)10(16)11(2,12)9-15/h15H,3-9,12H2,1-2H3. The minimum atomic E-state index is -1.13. The third kappa shape index (κ3) is 3.17. The molecular formula is C11H23N3O2. The topological polar surface area (TPSA) is 69.8 Å². The lowest BCUT2D eigenvalue weighted by molar-refractivity contribution is -0.139. The lowest BCUT2D eigenvalue weighted by atomic mass is 10.0. The van der Waals surface area contributed by atoms with Crippen LogP contribution in [-0.4, -0.2) is 65.7 Å². The fourth-order valence-electron chi connectivity index (χ4n) is 1.92. The lowest BCUT2D eigenvalue weighted by Gasteiger charge is -2.37. The van der Waals surface area contributed by atoms with E-state index >= 15 is 0 Å². The first kappa shape index (κ1) is 13.4. The van der Waals surface area contributed by atoms with Crippen LogP contribution in [0, 0.1) is 0 Å². The second kappa shape index (κ2) is 5.61. The van der Waals surface area contributed by atoms with Gasteiger partial charge in [0.2, 0.25) is 5.91 Å². The molecule has 94 valence electrons. The maximum atomic E-state index is 11.9. The van der Waals surface area contributed by atoms with Crippen molar-refractivity contribution in [2.75, 3.05) is 39.3 Å². The molecule has 1 fully saturated rings. The molecule has 1 aliphatic rings. The minimum Gasteiger partial charge on any atom is -0.394 e. The molecule has 0 aliphatic carbocycles. The number of nitrogens with zero attached hydrogens (tertiary/aromatic N) is 2. The van der Waals surface area contributed by atoms with Gasteiger partial charge in [0.05, 0.1) is 6.61 Å². The summed E-state index contributed by atoms with van der Waals surface area (Å²) >= 11 is 0. The number of aliphatic hydroxyl groups is 1. The first-order valence-corrected chi connectivity index (χ1v) is 5.92. The third-order valence-electron chi connectivity index (χ3n) is 3.02. The molecule has 0 bridgehead atoms. The van der Waals surface area contributed by atoms with Gasteiger partial charge in [-0.3, -0.25) is 9.69 Å². The Balaban J connectivity index is 2.45. The number of rotatable bonds is 4. The van der Waals surface area contributed by atoms with Crippen LogP contribution < -0.4 is 5.73 Å². The quantitative estimate of drug-likeness (QED) is 0.665. The van der Waals surface area contributed by atoms with E-state index in [0.717, 1.165) is 26.1 Å². The minimum absolute atomic E-state index is 0.147. The highest BCUT2D eigenvalue weighted by atomic mass is 16.3. The molecule has 16 heavy (non-hydrogen) atoms. The summed E-state index contributed by atoms with van der Waals surface area (Å²) in [6.45, 7) is 7.75. The molecule has 3 N–H and O–H groups in total. The molecule has 1 unspecified atom stereocenters. The average Bonchev–Trinajstić information content (AvgIpc) is 2.29. The molecule has 1 aliphatic heterocycles. The molecule has 1 saturated heterocycles. The van der Waals surface area contributed by atoms with Crippen LogP contribution in [0.5, 0.6) is 0 Å². The van der Waals surface area contributed by atoms with Gasteiger partial charge >= 0.3 is 0 Å².